The first-order valence-corrected chi connectivity index (χ1v) is 8.63. The van der Waals surface area contributed by atoms with Crippen molar-refractivity contribution in [2.75, 3.05) is 33.9 Å². The highest BCUT2D eigenvalue weighted by molar-refractivity contribution is 5.69. The van der Waals surface area contributed by atoms with Crippen LogP contribution in [0.3, 0.4) is 0 Å². The third-order valence-electron chi connectivity index (χ3n) is 4.79. The molecule has 128 valence electrons. The largest absolute Gasteiger partial charge is 0.497 e. The maximum Gasteiger partial charge on any atom is 0.305 e. The summed E-state index contributed by atoms with van der Waals surface area (Å²) in [6, 6.07) is 8.42. The zero-order valence-corrected chi connectivity index (χ0v) is 14.4. The lowest BCUT2D eigenvalue weighted by molar-refractivity contribution is -0.140. The van der Waals surface area contributed by atoms with E-state index in [0.717, 1.165) is 44.1 Å². The highest BCUT2D eigenvalue weighted by Crippen LogP contribution is 2.23. The lowest BCUT2D eigenvalue weighted by atomic mass is 9.90. The maximum atomic E-state index is 11.1. The number of esters is 1. The van der Waals surface area contributed by atoms with Crippen molar-refractivity contribution >= 4 is 5.97 Å². The van der Waals surface area contributed by atoms with Crippen LogP contribution >= 0.6 is 0 Å². The van der Waals surface area contributed by atoms with Crippen LogP contribution in [-0.4, -0.2) is 44.7 Å². The highest BCUT2D eigenvalue weighted by atomic mass is 16.5. The summed E-state index contributed by atoms with van der Waals surface area (Å²) in [5.41, 5.74) is 1.39. The third-order valence-corrected chi connectivity index (χ3v) is 4.79. The molecule has 23 heavy (non-hydrogen) atoms. The summed E-state index contributed by atoms with van der Waals surface area (Å²) in [4.78, 5) is 13.6. The van der Waals surface area contributed by atoms with Gasteiger partial charge < -0.3 is 14.4 Å². The van der Waals surface area contributed by atoms with Crippen molar-refractivity contribution in [1.29, 1.82) is 0 Å². The summed E-state index contributed by atoms with van der Waals surface area (Å²) >= 11 is 0. The summed E-state index contributed by atoms with van der Waals surface area (Å²) in [5, 5.41) is 0. The fraction of sp³-hybridized carbons (Fsp3) is 0.632. The van der Waals surface area contributed by atoms with Gasteiger partial charge in [0.2, 0.25) is 0 Å². The number of aryl methyl sites for hydroxylation is 1. The minimum atomic E-state index is -0.0978. The van der Waals surface area contributed by atoms with Crippen molar-refractivity contribution in [2.24, 2.45) is 5.92 Å². The predicted molar refractivity (Wildman–Crippen MR) is 91.7 cm³/mol. The highest BCUT2D eigenvalue weighted by Gasteiger charge is 2.18. The predicted octanol–water partition coefficient (Wildman–Crippen LogP) is 3.29. The Morgan fingerprint density at radius 2 is 1.87 bits per heavy atom. The van der Waals surface area contributed by atoms with Gasteiger partial charge in [0.15, 0.2) is 0 Å². The van der Waals surface area contributed by atoms with E-state index in [-0.39, 0.29) is 5.97 Å². The molecule has 1 aliphatic rings. The van der Waals surface area contributed by atoms with Gasteiger partial charge >= 0.3 is 5.97 Å². The van der Waals surface area contributed by atoms with Gasteiger partial charge in [0.1, 0.15) is 5.75 Å². The molecule has 0 N–H and O–H groups in total. The van der Waals surface area contributed by atoms with Gasteiger partial charge in [-0.25, -0.2) is 0 Å². The summed E-state index contributed by atoms with van der Waals surface area (Å²) in [7, 11) is 3.16. The molecule has 4 heteroatoms. The number of piperidine rings is 1. The molecular weight excluding hydrogens is 290 g/mol. The van der Waals surface area contributed by atoms with Crippen molar-refractivity contribution in [3.05, 3.63) is 29.8 Å². The van der Waals surface area contributed by atoms with Gasteiger partial charge in [0.25, 0.3) is 0 Å². The Morgan fingerprint density at radius 1 is 1.17 bits per heavy atom. The third kappa shape index (κ3) is 6.22. The Balaban J connectivity index is 1.61. The molecule has 1 aromatic rings. The number of ether oxygens (including phenoxy) is 2. The van der Waals surface area contributed by atoms with E-state index in [1.165, 1.54) is 31.9 Å². The lowest BCUT2D eigenvalue weighted by Crippen LogP contribution is -2.34. The van der Waals surface area contributed by atoms with E-state index in [2.05, 4.69) is 21.8 Å². The minimum Gasteiger partial charge on any atom is -0.497 e. The Kier molecular flexibility index (Phi) is 7.40. The van der Waals surface area contributed by atoms with Gasteiger partial charge in [-0.05, 0) is 75.4 Å². The van der Waals surface area contributed by atoms with Crippen molar-refractivity contribution in [1.82, 2.24) is 4.90 Å². The molecule has 0 saturated carbocycles. The number of benzene rings is 1. The van der Waals surface area contributed by atoms with Crippen LogP contribution in [-0.2, 0) is 16.0 Å². The average molecular weight is 319 g/mol. The van der Waals surface area contributed by atoms with Crippen LogP contribution in [0.25, 0.3) is 0 Å². The number of hydrogen-bond acceptors (Lipinski definition) is 4. The normalized spacial score (nSPS) is 16.3. The average Bonchev–Trinajstić information content (AvgIpc) is 2.61. The SMILES string of the molecule is COC(=O)CCCN1CCC(CCc2ccc(OC)cc2)CC1. The number of methoxy groups -OCH3 is 2. The van der Waals surface area contributed by atoms with Crippen LogP contribution in [0.5, 0.6) is 5.75 Å². The van der Waals surface area contributed by atoms with Crippen molar-refractivity contribution in [3.63, 3.8) is 0 Å². The minimum absolute atomic E-state index is 0.0978. The number of rotatable bonds is 8. The Bertz CT molecular complexity index is 464. The summed E-state index contributed by atoms with van der Waals surface area (Å²) < 4.78 is 9.87. The topological polar surface area (TPSA) is 38.8 Å². The molecule has 0 spiro atoms. The Labute approximate surface area is 139 Å². The second-order valence-electron chi connectivity index (χ2n) is 6.35. The second kappa shape index (κ2) is 9.56. The lowest BCUT2D eigenvalue weighted by Gasteiger charge is -2.31. The van der Waals surface area contributed by atoms with Gasteiger partial charge in [-0.2, -0.15) is 0 Å². The number of carbonyl (C=O) groups is 1. The molecule has 2 rings (SSSR count). The van der Waals surface area contributed by atoms with Gasteiger partial charge in [0.05, 0.1) is 14.2 Å². The van der Waals surface area contributed by atoms with E-state index in [9.17, 15) is 4.79 Å². The van der Waals surface area contributed by atoms with Crippen LogP contribution in [0.4, 0.5) is 0 Å². The number of hydrogen-bond donors (Lipinski definition) is 0. The van der Waals surface area contributed by atoms with E-state index in [1.807, 2.05) is 12.1 Å². The summed E-state index contributed by atoms with van der Waals surface area (Å²) in [5.74, 6) is 1.65. The van der Waals surface area contributed by atoms with E-state index in [1.54, 1.807) is 7.11 Å². The molecule has 0 bridgehead atoms. The van der Waals surface area contributed by atoms with E-state index in [4.69, 9.17) is 4.74 Å². The van der Waals surface area contributed by atoms with Gasteiger partial charge in [0, 0.05) is 6.42 Å². The number of nitrogens with zero attached hydrogens (tertiary/aromatic N) is 1. The molecule has 1 heterocycles. The quantitative estimate of drug-likeness (QED) is 0.689. The molecule has 0 aromatic heterocycles. The molecular formula is C19H29NO3. The number of likely N-dealkylation sites (tertiary alicyclic amines) is 1. The molecule has 0 aliphatic carbocycles. The van der Waals surface area contributed by atoms with E-state index in [0.29, 0.717) is 6.42 Å². The van der Waals surface area contributed by atoms with Crippen molar-refractivity contribution in [3.8, 4) is 5.75 Å². The molecule has 1 aliphatic heterocycles. The molecule has 0 radical (unpaired) electrons. The Hall–Kier alpha value is -1.55. The molecule has 1 aromatic carbocycles. The first-order valence-electron chi connectivity index (χ1n) is 8.63. The standard InChI is InChI=1S/C19H29NO3/c1-22-18-9-7-16(8-10-18)5-6-17-11-14-20(15-12-17)13-3-4-19(21)23-2/h7-10,17H,3-6,11-15H2,1-2H3. The summed E-state index contributed by atoms with van der Waals surface area (Å²) in [6.45, 7) is 3.34. The molecule has 0 amide bonds. The monoisotopic (exact) mass is 319 g/mol. The van der Waals surface area contributed by atoms with Crippen LogP contribution in [0.15, 0.2) is 24.3 Å². The molecule has 1 fully saturated rings. The fourth-order valence-electron chi connectivity index (χ4n) is 3.21. The van der Waals surface area contributed by atoms with Gasteiger partial charge in [-0.1, -0.05) is 12.1 Å². The smallest absolute Gasteiger partial charge is 0.305 e. The Morgan fingerprint density at radius 3 is 2.48 bits per heavy atom. The van der Waals surface area contributed by atoms with Gasteiger partial charge in [-0.15, -0.1) is 0 Å². The van der Waals surface area contributed by atoms with E-state index >= 15 is 0 Å². The first-order chi connectivity index (χ1) is 11.2. The van der Waals surface area contributed by atoms with Crippen LogP contribution in [0.1, 0.15) is 37.7 Å². The van der Waals surface area contributed by atoms with Crippen molar-refractivity contribution in [2.45, 2.75) is 38.5 Å². The maximum absolute atomic E-state index is 11.1. The molecule has 0 unspecified atom stereocenters. The van der Waals surface area contributed by atoms with Gasteiger partial charge in [-0.3, -0.25) is 4.79 Å². The van der Waals surface area contributed by atoms with Crippen molar-refractivity contribution < 1.29 is 14.3 Å². The van der Waals surface area contributed by atoms with E-state index < -0.39 is 0 Å². The second-order valence-corrected chi connectivity index (χ2v) is 6.35. The first kappa shape index (κ1) is 17.8. The molecule has 1 saturated heterocycles. The van der Waals surface area contributed by atoms with Crippen LogP contribution in [0.2, 0.25) is 0 Å². The zero-order chi connectivity index (χ0) is 16.5. The number of carbonyl (C=O) groups excluding carboxylic acids is 1. The molecule has 4 nitrogen and oxygen atoms in total. The summed E-state index contributed by atoms with van der Waals surface area (Å²) in [6.07, 6.45) is 6.40. The van der Waals surface area contributed by atoms with Crippen LogP contribution < -0.4 is 4.74 Å². The zero-order valence-electron chi connectivity index (χ0n) is 14.4. The van der Waals surface area contributed by atoms with Crippen LogP contribution in [0, 0.1) is 5.92 Å². The molecule has 0 atom stereocenters. The fourth-order valence-corrected chi connectivity index (χ4v) is 3.21.